The molecule has 2 aliphatic rings. The topological polar surface area (TPSA) is 32.5 Å². The summed E-state index contributed by atoms with van der Waals surface area (Å²) in [6.45, 7) is 4.21. The Morgan fingerprint density at radius 1 is 1.22 bits per heavy atom. The number of likely N-dealkylation sites (tertiary alicyclic amines) is 1. The van der Waals surface area contributed by atoms with Gasteiger partial charge in [-0.2, -0.15) is 0 Å². The highest BCUT2D eigenvalue weighted by atomic mass is 19.1. The molecule has 4 nitrogen and oxygen atoms in total. The molecule has 1 fully saturated rings. The van der Waals surface area contributed by atoms with Gasteiger partial charge in [-0.25, -0.2) is 4.39 Å². The van der Waals surface area contributed by atoms with Gasteiger partial charge in [0.25, 0.3) is 0 Å². The monoisotopic (exact) mass is 315 g/mol. The van der Waals surface area contributed by atoms with Crippen molar-refractivity contribution in [3.63, 3.8) is 0 Å². The number of fused-ring (bicyclic) bond motifs is 1. The second-order valence-electron chi connectivity index (χ2n) is 6.70. The summed E-state index contributed by atoms with van der Waals surface area (Å²) in [5.74, 6) is 0.732. The third-order valence-electron chi connectivity index (χ3n) is 5.16. The summed E-state index contributed by atoms with van der Waals surface area (Å²) in [4.78, 5) is 4.94. The molecule has 2 aliphatic heterocycles. The molecule has 1 aromatic carbocycles. The van der Waals surface area contributed by atoms with Crippen LogP contribution in [0.4, 0.5) is 4.39 Å². The highest BCUT2D eigenvalue weighted by Crippen LogP contribution is 2.32. The maximum Gasteiger partial charge on any atom is 0.143 e. The molecule has 1 saturated heterocycles. The predicted octanol–water partition coefficient (Wildman–Crippen LogP) is 2.93. The third-order valence-corrected chi connectivity index (χ3v) is 5.16. The van der Waals surface area contributed by atoms with Crippen molar-refractivity contribution < 1.29 is 8.91 Å². The zero-order valence-corrected chi connectivity index (χ0v) is 13.5. The molecule has 1 aromatic heterocycles. The largest absolute Gasteiger partial charge is 0.360 e. The van der Waals surface area contributed by atoms with Crippen molar-refractivity contribution in [2.75, 3.05) is 26.7 Å². The van der Waals surface area contributed by atoms with Crippen molar-refractivity contribution >= 4 is 0 Å². The van der Waals surface area contributed by atoms with Gasteiger partial charge in [0.1, 0.15) is 17.3 Å². The van der Waals surface area contributed by atoms with Crippen molar-refractivity contribution in [1.82, 2.24) is 15.0 Å². The van der Waals surface area contributed by atoms with Crippen molar-refractivity contribution in [2.24, 2.45) is 0 Å². The Morgan fingerprint density at radius 2 is 2.04 bits per heavy atom. The number of halogens is 1. The van der Waals surface area contributed by atoms with E-state index in [1.807, 2.05) is 6.07 Å². The Morgan fingerprint density at radius 3 is 2.83 bits per heavy atom. The van der Waals surface area contributed by atoms with Gasteiger partial charge in [0.2, 0.25) is 0 Å². The first kappa shape index (κ1) is 14.8. The van der Waals surface area contributed by atoms with Crippen LogP contribution in [0, 0.1) is 5.82 Å². The SMILES string of the molecule is CN1CCC(N2CCc3onc(-c4cccc(F)c4)c3C2)CC1. The summed E-state index contributed by atoms with van der Waals surface area (Å²) in [5.41, 5.74) is 2.75. The van der Waals surface area contributed by atoms with Gasteiger partial charge >= 0.3 is 0 Å². The maximum atomic E-state index is 13.5. The van der Waals surface area contributed by atoms with Crippen LogP contribution in [0.15, 0.2) is 28.8 Å². The molecule has 0 radical (unpaired) electrons. The lowest BCUT2D eigenvalue weighted by molar-refractivity contribution is 0.106. The summed E-state index contributed by atoms with van der Waals surface area (Å²) in [6.07, 6.45) is 3.32. The van der Waals surface area contributed by atoms with Crippen LogP contribution in [0.3, 0.4) is 0 Å². The van der Waals surface area contributed by atoms with E-state index in [9.17, 15) is 4.39 Å². The van der Waals surface area contributed by atoms with Gasteiger partial charge in [-0.1, -0.05) is 17.3 Å². The minimum atomic E-state index is -0.234. The van der Waals surface area contributed by atoms with Crippen molar-refractivity contribution in [2.45, 2.75) is 31.8 Å². The summed E-state index contributed by atoms with van der Waals surface area (Å²) in [7, 11) is 2.19. The number of rotatable bonds is 2. The highest BCUT2D eigenvalue weighted by molar-refractivity contribution is 5.63. The Labute approximate surface area is 135 Å². The molecule has 3 heterocycles. The number of nitrogens with zero attached hydrogens (tertiary/aromatic N) is 3. The number of aromatic nitrogens is 1. The molecular weight excluding hydrogens is 293 g/mol. The van der Waals surface area contributed by atoms with Crippen LogP contribution < -0.4 is 0 Å². The van der Waals surface area contributed by atoms with Gasteiger partial charge in [-0.05, 0) is 45.1 Å². The molecule has 0 saturated carbocycles. The summed E-state index contributed by atoms with van der Waals surface area (Å²) >= 11 is 0. The lowest BCUT2D eigenvalue weighted by Gasteiger charge is -2.38. The summed E-state index contributed by atoms with van der Waals surface area (Å²) in [6, 6.07) is 7.25. The third kappa shape index (κ3) is 2.91. The van der Waals surface area contributed by atoms with Gasteiger partial charge < -0.3 is 9.42 Å². The molecule has 23 heavy (non-hydrogen) atoms. The zero-order chi connectivity index (χ0) is 15.8. The maximum absolute atomic E-state index is 13.5. The van der Waals surface area contributed by atoms with Gasteiger partial charge in [-0.15, -0.1) is 0 Å². The van der Waals surface area contributed by atoms with Crippen molar-refractivity contribution in [3.8, 4) is 11.3 Å². The van der Waals surface area contributed by atoms with Crippen LogP contribution in [-0.4, -0.2) is 47.7 Å². The Kier molecular flexibility index (Phi) is 3.91. The fourth-order valence-electron chi connectivity index (χ4n) is 3.76. The van der Waals surface area contributed by atoms with Crippen LogP contribution in [0.25, 0.3) is 11.3 Å². The van der Waals surface area contributed by atoms with E-state index in [1.54, 1.807) is 6.07 Å². The molecule has 4 rings (SSSR count). The van der Waals surface area contributed by atoms with Gasteiger partial charge in [0.05, 0.1) is 0 Å². The molecular formula is C18H22FN3O. The molecule has 0 bridgehead atoms. The molecule has 0 atom stereocenters. The van der Waals surface area contributed by atoms with E-state index in [4.69, 9.17) is 4.52 Å². The quantitative estimate of drug-likeness (QED) is 0.853. The Bertz CT molecular complexity index is 691. The van der Waals surface area contributed by atoms with Crippen LogP contribution >= 0.6 is 0 Å². The zero-order valence-electron chi connectivity index (χ0n) is 13.5. The van der Waals surface area contributed by atoms with E-state index in [0.717, 1.165) is 55.2 Å². The van der Waals surface area contributed by atoms with Crippen LogP contribution in [0.2, 0.25) is 0 Å². The molecule has 0 N–H and O–H groups in total. The molecule has 0 aliphatic carbocycles. The van der Waals surface area contributed by atoms with Crippen molar-refractivity contribution in [1.29, 1.82) is 0 Å². The standard InChI is InChI=1S/C18H22FN3O/c1-21-8-5-15(6-9-21)22-10-7-17-16(12-22)18(20-23-17)13-3-2-4-14(19)11-13/h2-4,11,15H,5-10,12H2,1H3. The van der Waals surface area contributed by atoms with Gasteiger partial charge in [0, 0.05) is 36.7 Å². The van der Waals surface area contributed by atoms with E-state index in [-0.39, 0.29) is 5.82 Å². The molecule has 0 amide bonds. The smallest absolute Gasteiger partial charge is 0.143 e. The highest BCUT2D eigenvalue weighted by Gasteiger charge is 2.30. The van der Waals surface area contributed by atoms with Crippen LogP contribution in [-0.2, 0) is 13.0 Å². The minimum absolute atomic E-state index is 0.234. The average Bonchev–Trinajstić information content (AvgIpc) is 2.98. The predicted molar refractivity (Wildman–Crippen MR) is 86.5 cm³/mol. The summed E-state index contributed by atoms with van der Waals surface area (Å²) in [5, 5.41) is 4.22. The van der Waals surface area contributed by atoms with Gasteiger partial charge in [-0.3, -0.25) is 4.90 Å². The molecule has 0 spiro atoms. The Hall–Kier alpha value is -1.72. The average molecular weight is 315 g/mol. The number of hydrogen-bond acceptors (Lipinski definition) is 4. The minimum Gasteiger partial charge on any atom is -0.360 e. The molecule has 0 unspecified atom stereocenters. The van der Waals surface area contributed by atoms with Crippen LogP contribution in [0.1, 0.15) is 24.2 Å². The second-order valence-corrected chi connectivity index (χ2v) is 6.70. The fourth-order valence-corrected chi connectivity index (χ4v) is 3.76. The van der Waals surface area contributed by atoms with E-state index < -0.39 is 0 Å². The van der Waals surface area contributed by atoms with E-state index in [2.05, 4.69) is 22.0 Å². The Balaban J connectivity index is 1.58. The lowest BCUT2D eigenvalue weighted by Crippen LogP contribution is -2.45. The first-order chi connectivity index (χ1) is 11.2. The second kappa shape index (κ2) is 6.06. The molecule has 5 heteroatoms. The van der Waals surface area contributed by atoms with Gasteiger partial charge in [0.15, 0.2) is 0 Å². The van der Waals surface area contributed by atoms with Crippen molar-refractivity contribution in [3.05, 3.63) is 41.4 Å². The first-order valence-corrected chi connectivity index (χ1v) is 8.36. The number of piperidine rings is 1. The van der Waals surface area contributed by atoms with E-state index in [1.165, 1.54) is 25.0 Å². The molecule has 2 aromatic rings. The molecule has 122 valence electrons. The lowest BCUT2D eigenvalue weighted by atomic mass is 9.97. The number of benzene rings is 1. The van der Waals surface area contributed by atoms with E-state index in [0.29, 0.717) is 6.04 Å². The summed E-state index contributed by atoms with van der Waals surface area (Å²) < 4.78 is 19.0. The van der Waals surface area contributed by atoms with E-state index >= 15 is 0 Å². The van der Waals surface area contributed by atoms with Crippen LogP contribution in [0.5, 0.6) is 0 Å². The first-order valence-electron chi connectivity index (χ1n) is 8.36. The normalized spacial score (nSPS) is 20.6. The fraction of sp³-hybridized carbons (Fsp3) is 0.500. The number of hydrogen-bond donors (Lipinski definition) is 0.